The lowest BCUT2D eigenvalue weighted by Gasteiger charge is -2.24. The van der Waals surface area contributed by atoms with E-state index in [2.05, 4.69) is 65.7 Å². The van der Waals surface area contributed by atoms with Gasteiger partial charge in [-0.1, -0.05) is 61.7 Å². The molecule has 2 aliphatic rings. The van der Waals surface area contributed by atoms with Gasteiger partial charge < -0.3 is 20.1 Å². The number of anilines is 1. The number of benzene rings is 3. The molecular weight excluding hydrogens is 448 g/mol. The van der Waals surface area contributed by atoms with E-state index in [-0.39, 0.29) is 12.5 Å². The average molecular weight is 487 g/mol. The molecule has 2 atom stereocenters. The Bertz CT molecular complexity index is 1180. The van der Waals surface area contributed by atoms with E-state index in [1.807, 2.05) is 12.1 Å². The molecule has 2 fully saturated rings. The Kier molecular flexibility index (Phi) is 7.76. The zero-order valence-corrected chi connectivity index (χ0v) is 21.3. The fourth-order valence-electron chi connectivity index (χ4n) is 5.97. The second-order valence-corrected chi connectivity index (χ2v) is 10.6. The van der Waals surface area contributed by atoms with E-state index in [4.69, 9.17) is 4.74 Å². The zero-order valence-electron chi connectivity index (χ0n) is 21.3. The van der Waals surface area contributed by atoms with Crippen LogP contribution in [-0.2, 0) is 11.2 Å². The number of aliphatic carboxylic acids is 1. The number of nitrogens with one attached hydrogen (secondary N) is 1. The summed E-state index contributed by atoms with van der Waals surface area (Å²) in [5.74, 6) is 0.495. The van der Waals surface area contributed by atoms with Gasteiger partial charge in [0.2, 0.25) is 0 Å². The minimum absolute atomic E-state index is 0.0124. The van der Waals surface area contributed by atoms with Crippen LogP contribution in [0.3, 0.4) is 0 Å². The van der Waals surface area contributed by atoms with Crippen LogP contribution in [0.15, 0.2) is 60.7 Å². The predicted octanol–water partition coefficient (Wildman–Crippen LogP) is 6.36. The molecule has 1 saturated carbocycles. The van der Waals surface area contributed by atoms with Crippen LogP contribution in [0.1, 0.15) is 62.6 Å². The van der Waals surface area contributed by atoms with Crippen molar-refractivity contribution in [2.45, 2.75) is 64.0 Å². The van der Waals surface area contributed by atoms with Gasteiger partial charge in [0.15, 0.2) is 0 Å². The van der Waals surface area contributed by atoms with Gasteiger partial charge >= 0.3 is 5.97 Å². The maximum absolute atomic E-state index is 11.6. The van der Waals surface area contributed by atoms with Crippen molar-refractivity contribution in [1.82, 2.24) is 5.32 Å². The summed E-state index contributed by atoms with van der Waals surface area (Å²) in [7, 11) is 0. The monoisotopic (exact) mass is 486 g/mol. The molecule has 5 rings (SSSR count). The number of fused-ring (bicyclic) bond motifs is 1. The Morgan fingerprint density at radius 2 is 1.86 bits per heavy atom. The van der Waals surface area contributed by atoms with Crippen molar-refractivity contribution in [2.75, 3.05) is 24.6 Å². The third kappa shape index (κ3) is 5.84. The number of nitrogens with zero attached hydrogens (tertiary/aromatic N) is 1. The number of hydrogen-bond donors (Lipinski definition) is 2. The zero-order chi connectivity index (χ0) is 24.9. The highest BCUT2D eigenvalue weighted by molar-refractivity contribution is 5.86. The van der Waals surface area contributed by atoms with Crippen LogP contribution in [0.2, 0.25) is 0 Å². The smallest absolute Gasteiger partial charge is 0.307 e. The van der Waals surface area contributed by atoms with Gasteiger partial charge in [0.25, 0.3) is 0 Å². The maximum atomic E-state index is 11.6. The maximum Gasteiger partial charge on any atom is 0.307 e. The highest BCUT2D eigenvalue weighted by atomic mass is 16.5. The molecule has 2 N–H and O–H groups in total. The number of rotatable bonds is 9. The molecule has 190 valence electrons. The number of carbonyl (C=O) groups is 1. The van der Waals surface area contributed by atoms with Crippen LogP contribution >= 0.6 is 0 Å². The summed E-state index contributed by atoms with van der Waals surface area (Å²) in [6, 6.07) is 21.8. The summed E-state index contributed by atoms with van der Waals surface area (Å²) in [5, 5.41) is 15.9. The Morgan fingerprint density at radius 1 is 1.06 bits per heavy atom. The molecule has 0 spiro atoms. The standard InChI is InChI=1S/C31H38N2O3/c1-22(28-13-7-11-24-10-5-6-12-29(24)28)32-26-16-17-33(20-26)27-14-15-30(25(18-27)19-31(34)35)36-21-23-8-3-2-4-9-23/h5-7,10-15,18,22-23,26,32H,2-4,8-9,16-17,19-21H2,1H3,(H,34,35)/t22-,26+/m1/s1. The molecule has 0 radical (unpaired) electrons. The quantitative estimate of drug-likeness (QED) is 0.369. The van der Waals surface area contributed by atoms with Gasteiger partial charge in [-0.2, -0.15) is 0 Å². The van der Waals surface area contributed by atoms with E-state index in [1.54, 1.807) is 0 Å². The Labute approximate surface area is 214 Å². The molecule has 1 heterocycles. The van der Waals surface area contributed by atoms with Crippen molar-refractivity contribution >= 4 is 22.4 Å². The Hall–Kier alpha value is -3.05. The number of carboxylic acid groups (broad SMARTS) is 1. The molecule has 5 heteroatoms. The molecule has 36 heavy (non-hydrogen) atoms. The van der Waals surface area contributed by atoms with E-state index in [1.165, 1.54) is 48.4 Å². The summed E-state index contributed by atoms with van der Waals surface area (Å²) < 4.78 is 6.16. The SMILES string of the molecule is C[C@@H](N[C@H]1CCN(c2ccc(OCC3CCCCC3)c(CC(=O)O)c2)C1)c1cccc2ccccc12. The highest BCUT2D eigenvalue weighted by Gasteiger charge is 2.25. The van der Waals surface area contributed by atoms with Crippen LogP contribution < -0.4 is 15.0 Å². The largest absolute Gasteiger partial charge is 0.493 e. The van der Waals surface area contributed by atoms with Gasteiger partial charge in [-0.25, -0.2) is 0 Å². The molecule has 1 saturated heterocycles. The van der Waals surface area contributed by atoms with Gasteiger partial charge in [-0.3, -0.25) is 4.79 Å². The van der Waals surface area contributed by atoms with Crippen LogP contribution in [-0.4, -0.2) is 36.8 Å². The first-order valence-corrected chi connectivity index (χ1v) is 13.5. The average Bonchev–Trinajstić information content (AvgIpc) is 3.36. The number of carboxylic acids is 1. The summed E-state index contributed by atoms with van der Waals surface area (Å²) in [6.45, 7) is 4.79. The molecule has 1 aliphatic heterocycles. The van der Waals surface area contributed by atoms with Gasteiger partial charge in [0.1, 0.15) is 5.75 Å². The number of ether oxygens (including phenoxy) is 1. The van der Waals surface area contributed by atoms with Crippen molar-refractivity contribution in [3.05, 3.63) is 71.8 Å². The van der Waals surface area contributed by atoms with E-state index in [0.29, 0.717) is 18.6 Å². The minimum atomic E-state index is -0.820. The van der Waals surface area contributed by atoms with Crippen LogP contribution in [0.4, 0.5) is 5.69 Å². The van der Waals surface area contributed by atoms with Gasteiger partial charge in [0, 0.05) is 36.4 Å². The Morgan fingerprint density at radius 3 is 2.69 bits per heavy atom. The van der Waals surface area contributed by atoms with Gasteiger partial charge in [0.05, 0.1) is 13.0 Å². The first kappa shape index (κ1) is 24.6. The van der Waals surface area contributed by atoms with E-state index in [9.17, 15) is 9.90 Å². The molecule has 0 unspecified atom stereocenters. The van der Waals surface area contributed by atoms with Crippen molar-refractivity contribution in [3.8, 4) is 5.75 Å². The van der Waals surface area contributed by atoms with Crippen LogP contribution in [0, 0.1) is 5.92 Å². The molecule has 1 aliphatic carbocycles. The van der Waals surface area contributed by atoms with Gasteiger partial charge in [-0.15, -0.1) is 0 Å². The van der Waals surface area contributed by atoms with Crippen molar-refractivity contribution in [1.29, 1.82) is 0 Å². The van der Waals surface area contributed by atoms with Crippen LogP contribution in [0.25, 0.3) is 10.8 Å². The molecule has 5 nitrogen and oxygen atoms in total. The Balaban J connectivity index is 1.24. The topological polar surface area (TPSA) is 61.8 Å². The molecule has 3 aromatic carbocycles. The second-order valence-electron chi connectivity index (χ2n) is 10.6. The van der Waals surface area contributed by atoms with Crippen molar-refractivity contribution in [2.24, 2.45) is 5.92 Å². The molecule has 0 bridgehead atoms. The first-order chi connectivity index (χ1) is 17.6. The van der Waals surface area contributed by atoms with Crippen molar-refractivity contribution in [3.63, 3.8) is 0 Å². The minimum Gasteiger partial charge on any atom is -0.493 e. The predicted molar refractivity (Wildman–Crippen MR) is 146 cm³/mol. The normalized spacial score (nSPS) is 19.5. The van der Waals surface area contributed by atoms with E-state index >= 15 is 0 Å². The summed E-state index contributed by atoms with van der Waals surface area (Å²) in [5.41, 5.74) is 3.18. The lowest BCUT2D eigenvalue weighted by molar-refractivity contribution is -0.136. The lowest BCUT2D eigenvalue weighted by Crippen LogP contribution is -2.34. The van der Waals surface area contributed by atoms with Gasteiger partial charge in [-0.05, 0) is 66.6 Å². The molecular formula is C31H38N2O3. The third-order valence-corrected chi connectivity index (χ3v) is 7.91. The van der Waals surface area contributed by atoms with Crippen molar-refractivity contribution < 1.29 is 14.6 Å². The first-order valence-electron chi connectivity index (χ1n) is 13.5. The lowest BCUT2D eigenvalue weighted by atomic mass is 9.90. The third-order valence-electron chi connectivity index (χ3n) is 7.91. The summed E-state index contributed by atoms with van der Waals surface area (Å²) >= 11 is 0. The van der Waals surface area contributed by atoms with E-state index in [0.717, 1.165) is 36.5 Å². The second kappa shape index (κ2) is 11.3. The summed E-state index contributed by atoms with van der Waals surface area (Å²) in [6.07, 6.45) is 7.35. The molecule has 0 aromatic heterocycles. The molecule has 0 amide bonds. The van der Waals surface area contributed by atoms with E-state index < -0.39 is 5.97 Å². The molecule has 3 aromatic rings. The fourth-order valence-corrected chi connectivity index (χ4v) is 5.97. The van der Waals surface area contributed by atoms with Crippen LogP contribution in [0.5, 0.6) is 5.75 Å². The summed E-state index contributed by atoms with van der Waals surface area (Å²) in [4.78, 5) is 13.9. The fraction of sp³-hybridized carbons (Fsp3) is 0.452. The highest BCUT2D eigenvalue weighted by Crippen LogP contribution is 2.31. The number of hydrogen-bond acceptors (Lipinski definition) is 4.